The number of hydrogen-bond donors (Lipinski definition) is 1. The van der Waals surface area contributed by atoms with Crippen LogP contribution in [-0.2, 0) is 0 Å². The summed E-state index contributed by atoms with van der Waals surface area (Å²) in [5.74, 6) is 1.27. The van der Waals surface area contributed by atoms with Crippen LogP contribution in [-0.4, -0.2) is 37.1 Å². The summed E-state index contributed by atoms with van der Waals surface area (Å²) in [7, 11) is 2.27. The van der Waals surface area contributed by atoms with Gasteiger partial charge in [-0.25, -0.2) is 0 Å². The molecule has 2 nitrogen and oxygen atoms in total. The Hall–Kier alpha value is -0.860. The highest BCUT2D eigenvalue weighted by Crippen LogP contribution is 2.27. The standard InChI is InChI=1S/C18H30N2/c1-14(2)18(16-8-6-5-7-9-16)13-19-12-15(3)20(4)17-10-11-17/h5-9,14-15,17-19H,10-13H2,1-4H3. The summed E-state index contributed by atoms with van der Waals surface area (Å²) in [6.07, 6.45) is 2.78. The molecule has 2 atom stereocenters. The molecule has 0 aliphatic heterocycles. The molecule has 1 fully saturated rings. The smallest absolute Gasteiger partial charge is 0.0192 e. The minimum Gasteiger partial charge on any atom is -0.315 e. The number of nitrogens with zero attached hydrogens (tertiary/aromatic N) is 1. The third-order valence-electron chi connectivity index (χ3n) is 4.65. The van der Waals surface area contributed by atoms with E-state index in [0.717, 1.165) is 19.1 Å². The highest BCUT2D eigenvalue weighted by atomic mass is 15.2. The number of likely N-dealkylation sites (N-methyl/N-ethyl adjacent to an activating group) is 1. The van der Waals surface area contributed by atoms with E-state index >= 15 is 0 Å². The molecule has 1 aliphatic carbocycles. The van der Waals surface area contributed by atoms with Crippen molar-refractivity contribution in [1.29, 1.82) is 0 Å². The molecule has 0 spiro atoms. The molecule has 1 aromatic carbocycles. The molecular formula is C18H30N2. The molecule has 0 amide bonds. The predicted molar refractivity (Wildman–Crippen MR) is 87.1 cm³/mol. The number of nitrogens with one attached hydrogen (secondary N) is 1. The quantitative estimate of drug-likeness (QED) is 0.780. The third kappa shape index (κ3) is 4.32. The van der Waals surface area contributed by atoms with Gasteiger partial charge in [-0.1, -0.05) is 44.2 Å². The molecule has 0 heterocycles. The summed E-state index contributed by atoms with van der Waals surface area (Å²) in [5, 5.41) is 3.69. The van der Waals surface area contributed by atoms with Crippen LogP contribution in [0.25, 0.3) is 0 Å². The summed E-state index contributed by atoms with van der Waals surface area (Å²) < 4.78 is 0. The fraction of sp³-hybridized carbons (Fsp3) is 0.667. The van der Waals surface area contributed by atoms with Crippen molar-refractivity contribution in [3.63, 3.8) is 0 Å². The molecule has 1 aliphatic rings. The average Bonchev–Trinajstić information content (AvgIpc) is 3.27. The summed E-state index contributed by atoms with van der Waals surface area (Å²) in [5.41, 5.74) is 1.46. The zero-order valence-corrected chi connectivity index (χ0v) is 13.5. The first-order chi connectivity index (χ1) is 9.59. The largest absolute Gasteiger partial charge is 0.315 e. The van der Waals surface area contributed by atoms with E-state index in [4.69, 9.17) is 0 Å². The van der Waals surface area contributed by atoms with Crippen LogP contribution in [0.4, 0.5) is 0 Å². The minimum absolute atomic E-state index is 0.606. The molecule has 2 rings (SSSR count). The fourth-order valence-corrected chi connectivity index (χ4v) is 2.87. The highest BCUT2D eigenvalue weighted by Gasteiger charge is 2.28. The first-order valence-corrected chi connectivity index (χ1v) is 8.07. The summed E-state index contributed by atoms with van der Waals surface area (Å²) >= 11 is 0. The van der Waals surface area contributed by atoms with Crippen molar-refractivity contribution in [3.8, 4) is 0 Å². The van der Waals surface area contributed by atoms with Gasteiger partial charge >= 0.3 is 0 Å². The van der Waals surface area contributed by atoms with Gasteiger partial charge in [-0.15, -0.1) is 0 Å². The van der Waals surface area contributed by atoms with Crippen molar-refractivity contribution in [1.82, 2.24) is 10.2 Å². The van der Waals surface area contributed by atoms with Gasteiger partial charge in [0.05, 0.1) is 0 Å². The van der Waals surface area contributed by atoms with E-state index in [-0.39, 0.29) is 0 Å². The Morgan fingerprint density at radius 1 is 1.10 bits per heavy atom. The first kappa shape index (κ1) is 15.5. The van der Waals surface area contributed by atoms with Crippen molar-refractivity contribution in [3.05, 3.63) is 35.9 Å². The number of benzene rings is 1. The molecule has 0 radical (unpaired) electrons. The van der Waals surface area contributed by atoms with E-state index in [9.17, 15) is 0 Å². The summed E-state index contributed by atoms with van der Waals surface area (Å²) in [6.45, 7) is 9.13. The second kappa shape index (κ2) is 7.24. The van der Waals surface area contributed by atoms with E-state index in [1.165, 1.54) is 18.4 Å². The van der Waals surface area contributed by atoms with Crippen LogP contribution in [0.5, 0.6) is 0 Å². The molecule has 20 heavy (non-hydrogen) atoms. The normalized spacial score (nSPS) is 18.5. The zero-order valence-electron chi connectivity index (χ0n) is 13.5. The van der Waals surface area contributed by atoms with Crippen molar-refractivity contribution in [2.45, 2.75) is 51.6 Å². The van der Waals surface area contributed by atoms with Gasteiger partial charge < -0.3 is 5.32 Å². The molecule has 0 aromatic heterocycles. The van der Waals surface area contributed by atoms with Gasteiger partial charge in [-0.2, -0.15) is 0 Å². The maximum atomic E-state index is 3.69. The number of hydrogen-bond acceptors (Lipinski definition) is 2. The molecule has 2 heteroatoms. The third-order valence-corrected chi connectivity index (χ3v) is 4.65. The lowest BCUT2D eigenvalue weighted by atomic mass is 9.88. The molecule has 112 valence electrons. The van der Waals surface area contributed by atoms with Gasteiger partial charge in [-0.3, -0.25) is 4.90 Å². The van der Waals surface area contributed by atoms with E-state index in [2.05, 4.69) is 68.4 Å². The van der Waals surface area contributed by atoms with E-state index in [1.807, 2.05) is 0 Å². The monoisotopic (exact) mass is 274 g/mol. The molecule has 2 unspecified atom stereocenters. The molecule has 1 saturated carbocycles. The summed E-state index contributed by atoms with van der Waals surface area (Å²) in [4.78, 5) is 2.53. The topological polar surface area (TPSA) is 15.3 Å². The van der Waals surface area contributed by atoms with Gasteiger partial charge in [-0.05, 0) is 44.2 Å². The maximum Gasteiger partial charge on any atom is 0.0192 e. The van der Waals surface area contributed by atoms with Crippen molar-refractivity contribution in [2.75, 3.05) is 20.1 Å². The lowest BCUT2D eigenvalue weighted by molar-refractivity contribution is 0.239. The second-order valence-electron chi connectivity index (χ2n) is 6.67. The van der Waals surface area contributed by atoms with Crippen molar-refractivity contribution >= 4 is 0 Å². The highest BCUT2D eigenvalue weighted by molar-refractivity contribution is 5.20. The van der Waals surface area contributed by atoms with Gasteiger partial charge in [0.1, 0.15) is 0 Å². The van der Waals surface area contributed by atoms with Gasteiger partial charge in [0.15, 0.2) is 0 Å². The van der Waals surface area contributed by atoms with E-state index < -0.39 is 0 Å². The Morgan fingerprint density at radius 2 is 1.75 bits per heavy atom. The van der Waals surface area contributed by atoms with Crippen LogP contribution in [0.15, 0.2) is 30.3 Å². The first-order valence-electron chi connectivity index (χ1n) is 8.07. The number of rotatable bonds is 8. The van der Waals surface area contributed by atoms with E-state index in [0.29, 0.717) is 17.9 Å². The van der Waals surface area contributed by atoms with Gasteiger partial charge in [0, 0.05) is 25.2 Å². The van der Waals surface area contributed by atoms with Crippen LogP contribution in [0.3, 0.4) is 0 Å². The van der Waals surface area contributed by atoms with Crippen LogP contribution in [0, 0.1) is 5.92 Å². The summed E-state index contributed by atoms with van der Waals surface area (Å²) in [6, 6.07) is 12.4. The lowest BCUT2D eigenvalue weighted by Crippen LogP contribution is -2.40. The average molecular weight is 274 g/mol. The molecular weight excluding hydrogens is 244 g/mol. The Morgan fingerprint density at radius 3 is 2.30 bits per heavy atom. The van der Waals surface area contributed by atoms with Crippen LogP contribution in [0.2, 0.25) is 0 Å². The molecule has 0 saturated heterocycles. The Bertz CT molecular complexity index is 384. The van der Waals surface area contributed by atoms with Crippen LogP contribution in [0.1, 0.15) is 45.1 Å². The van der Waals surface area contributed by atoms with Crippen molar-refractivity contribution < 1.29 is 0 Å². The Kier molecular flexibility index (Phi) is 5.62. The van der Waals surface area contributed by atoms with E-state index in [1.54, 1.807) is 0 Å². The fourth-order valence-electron chi connectivity index (χ4n) is 2.87. The predicted octanol–water partition coefficient (Wildman–Crippen LogP) is 3.50. The molecule has 0 bridgehead atoms. The second-order valence-corrected chi connectivity index (χ2v) is 6.67. The van der Waals surface area contributed by atoms with Crippen LogP contribution < -0.4 is 5.32 Å². The molecule has 1 aromatic rings. The Balaban J connectivity index is 1.80. The molecule has 1 N–H and O–H groups in total. The lowest BCUT2D eigenvalue weighted by Gasteiger charge is -2.27. The van der Waals surface area contributed by atoms with Crippen molar-refractivity contribution in [2.24, 2.45) is 5.92 Å². The van der Waals surface area contributed by atoms with Gasteiger partial charge in [0.25, 0.3) is 0 Å². The van der Waals surface area contributed by atoms with Gasteiger partial charge in [0.2, 0.25) is 0 Å². The zero-order chi connectivity index (χ0) is 14.5. The SMILES string of the molecule is CC(C)C(CNCC(C)N(C)C1CC1)c1ccccc1. The minimum atomic E-state index is 0.606. The maximum absolute atomic E-state index is 3.69. The van der Waals surface area contributed by atoms with Crippen LogP contribution >= 0.6 is 0 Å². The Labute approximate surface area is 124 Å².